The Morgan fingerprint density at radius 3 is 2.09 bits per heavy atom. The van der Waals surface area contributed by atoms with Crippen LogP contribution in [0.4, 0.5) is 0 Å². The van der Waals surface area contributed by atoms with Gasteiger partial charge in [-0.3, -0.25) is 4.57 Å². The van der Waals surface area contributed by atoms with Gasteiger partial charge in [0.15, 0.2) is 5.82 Å². The van der Waals surface area contributed by atoms with E-state index in [9.17, 15) is 0 Å². The van der Waals surface area contributed by atoms with Crippen LogP contribution in [0.5, 0.6) is 0 Å². The lowest BCUT2D eigenvalue weighted by Crippen LogP contribution is -2.46. The topological polar surface area (TPSA) is 30.7 Å². The zero-order valence-electron chi connectivity index (χ0n) is 22.2. The van der Waals surface area contributed by atoms with Crippen molar-refractivity contribution in [3.63, 3.8) is 0 Å². The Kier molecular flexibility index (Phi) is 6.07. The van der Waals surface area contributed by atoms with Gasteiger partial charge in [0, 0.05) is 17.2 Å². The molecule has 1 unspecified atom stereocenters. The van der Waals surface area contributed by atoms with Crippen molar-refractivity contribution in [1.29, 1.82) is 0 Å². The Hall–Kier alpha value is -2.94. The van der Waals surface area contributed by atoms with Crippen molar-refractivity contribution in [2.45, 2.75) is 78.6 Å². The summed E-state index contributed by atoms with van der Waals surface area (Å²) in [7, 11) is 0. The molecule has 5 rings (SSSR count). The summed E-state index contributed by atoms with van der Waals surface area (Å²) in [6.45, 7) is 14.3. The van der Waals surface area contributed by atoms with Crippen molar-refractivity contribution in [3.05, 3.63) is 78.1 Å². The van der Waals surface area contributed by atoms with E-state index < -0.39 is 0 Å². The van der Waals surface area contributed by atoms with Crippen molar-refractivity contribution in [2.24, 2.45) is 11.3 Å². The summed E-state index contributed by atoms with van der Waals surface area (Å²) in [6, 6.07) is 24.1. The first-order valence-electron chi connectivity index (χ1n) is 13.3. The van der Waals surface area contributed by atoms with E-state index in [0.29, 0.717) is 0 Å². The molecule has 1 saturated carbocycles. The van der Waals surface area contributed by atoms with E-state index >= 15 is 0 Å². The van der Waals surface area contributed by atoms with Gasteiger partial charge >= 0.3 is 0 Å². The van der Waals surface area contributed by atoms with Crippen LogP contribution < -0.4 is 0 Å². The molecule has 0 N–H and O–H groups in total. The van der Waals surface area contributed by atoms with Crippen LogP contribution in [0.25, 0.3) is 27.8 Å². The second-order valence-corrected chi connectivity index (χ2v) is 11.5. The lowest BCUT2D eigenvalue weighted by molar-refractivity contribution is 0.0346. The van der Waals surface area contributed by atoms with Crippen molar-refractivity contribution >= 4 is 10.8 Å². The maximum atomic E-state index is 4.87. The maximum absolute atomic E-state index is 4.87. The second kappa shape index (κ2) is 8.93. The van der Waals surface area contributed by atoms with E-state index in [1.807, 2.05) is 0 Å². The summed E-state index contributed by atoms with van der Waals surface area (Å²) in [5.41, 5.74) is 3.91. The lowest BCUT2D eigenvalue weighted by atomic mass is 9.51. The van der Waals surface area contributed by atoms with Gasteiger partial charge in [-0.15, -0.1) is 10.2 Å². The van der Waals surface area contributed by atoms with Gasteiger partial charge in [0.05, 0.1) is 0 Å². The highest BCUT2D eigenvalue weighted by Crippen LogP contribution is 2.56. The lowest BCUT2D eigenvalue weighted by Gasteiger charge is -2.53. The van der Waals surface area contributed by atoms with Crippen LogP contribution in [0, 0.1) is 11.3 Å². The summed E-state index contributed by atoms with van der Waals surface area (Å²) in [6.07, 6.45) is 5.11. The molecule has 0 spiro atoms. The predicted octanol–water partition coefficient (Wildman–Crippen LogP) is 8.70. The van der Waals surface area contributed by atoms with Crippen LogP contribution in [0.1, 0.15) is 84.5 Å². The maximum Gasteiger partial charge on any atom is 0.168 e. The van der Waals surface area contributed by atoms with Gasteiger partial charge in [0.1, 0.15) is 5.82 Å². The Labute approximate surface area is 210 Å². The van der Waals surface area contributed by atoms with E-state index in [0.717, 1.165) is 29.7 Å². The summed E-state index contributed by atoms with van der Waals surface area (Å²) in [4.78, 5) is 0. The first-order chi connectivity index (χ1) is 16.8. The van der Waals surface area contributed by atoms with Crippen LogP contribution in [0.15, 0.2) is 66.7 Å². The molecule has 4 aromatic rings. The molecular weight excluding hydrogens is 426 g/mol. The molecule has 1 aromatic heterocycles. The highest BCUT2D eigenvalue weighted by Gasteiger charge is 2.49. The number of aromatic nitrogens is 3. The fourth-order valence-corrected chi connectivity index (χ4v) is 6.13. The molecule has 0 bridgehead atoms. The molecule has 0 aliphatic heterocycles. The van der Waals surface area contributed by atoms with Crippen molar-refractivity contribution in [2.75, 3.05) is 0 Å². The Bertz CT molecular complexity index is 1330. The number of hydrogen-bond donors (Lipinski definition) is 0. The SMILES string of the molecule is CCC(C)(c1cc2ccccc2cc1-c1nnc(C(C)C)n1-c1ccccc1)C(C)(C)C1CCC1. The Morgan fingerprint density at radius 1 is 0.886 bits per heavy atom. The molecule has 3 aromatic carbocycles. The Morgan fingerprint density at radius 2 is 1.51 bits per heavy atom. The molecule has 0 saturated heterocycles. The number of rotatable bonds is 7. The van der Waals surface area contributed by atoms with Crippen LogP contribution in [0.3, 0.4) is 0 Å². The van der Waals surface area contributed by atoms with Gasteiger partial charge in [0.2, 0.25) is 0 Å². The standard InChI is InChI=1S/C32H39N3/c1-7-32(6,31(4,5)25-16-13-17-25)28-21-24-15-12-11-14-23(24)20-27(28)30-34-33-29(22(2)3)35(30)26-18-9-8-10-19-26/h8-12,14-15,18-22,25H,7,13,16-17H2,1-6H3. The smallest absolute Gasteiger partial charge is 0.168 e. The van der Waals surface area contributed by atoms with E-state index in [4.69, 9.17) is 10.2 Å². The fourth-order valence-electron chi connectivity index (χ4n) is 6.13. The minimum absolute atomic E-state index is 0.00289. The van der Waals surface area contributed by atoms with Gasteiger partial charge < -0.3 is 0 Å². The molecule has 1 atom stereocenters. The predicted molar refractivity (Wildman–Crippen MR) is 147 cm³/mol. The Balaban J connectivity index is 1.82. The summed E-state index contributed by atoms with van der Waals surface area (Å²) in [5.74, 6) is 2.97. The third-order valence-corrected chi connectivity index (χ3v) is 9.20. The average molecular weight is 466 g/mol. The fraction of sp³-hybridized carbons (Fsp3) is 0.438. The van der Waals surface area contributed by atoms with Crippen LogP contribution in [-0.4, -0.2) is 14.8 Å². The molecule has 3 heteroatoms. The van der Waals surface area contributed by atoms with Gasteiger partial charge in [-0.25, -0.2) is 0 Å². The zero-order chi connectivity index (χ0) is 24.8. The van der Waals surface area contributed by atoms with Crippen molar-refractivity contribution < 1.29 is 0 Å². The van der Waals surface area contributed by atoms with Crippen LogP contribution in [-0.2, 0) is 5.41 Å². The molecule has 35 heavy (non-hydrogen) atoms. The minimum atomic E-state index is 0.00289. The number of benzene rings is 3. The quantitative estimate of drug-likeness (QED) is 0.273. The first kappa shape index (κ1) is 23.8. The highest BCUT2D eigenvalue weighted by molar-refractivity contribution is 5.89. The van der Waals surface area contributed by atoms with Crippen molar-refractivity contribution in [3.8, 4) is 17.1 Å². The van der Waals surface area contributed by atoms with Gasteiger partial charge in [-0.2, -0.15) is 0 Å². The molecule has 1 aliphatic rings. The van der Waals surface area contributed by atoms with Crippen molar-refractivity contribution in [1.82, 2.24) is 14.8 Å². The van der Waals surface area contributed by atoms with E-state index in [1.54, 1.807) is 0 Å². The third kappa shape index (κ3) is 3.80. The number of para-hydroxylation sites is 1. The summed E-state index contributed by atoms with van der Waals surface area (Å²) in [5, 5.41) is 12.2. The van der Waals surface area contributed by atoms with Gasteiger partial charge in [-0.1, -0.05) is 90.4 Å². The third-order valence-electron chi connectivity index (χ3n) is 9.20. The molecule has 3 nitrogen and oxygen atoms in total. The molecule has 0 amide bonds. The van der Waals surface area contributed by atoms with E-state index in [2.05, 4.69) is 113 Å². The van der Waals surface area contributed by atoms with E-state index in [-0.39, 0.29) is 16.7 Å². The highest BCUT2D eigenvalue weighted by atomic mass is 15.3. The first-order valence-corrected chi connectivity index (χ1v) is 13.3. The molecule has 1 fully saturated rings. The molecule has 182 valence electrons. The largest absolute Gasteiger partial charge is 0.279 e. The summed E-state index contributed by atoms with van der Waals surface area (Å²) >= 11 is 0. The molecular formula is C32H39N3. The normalized spacial score (nSPS) is 16.4. The van der Waals surface area contributed by atoms with Crippen LogP contribution >= 0.6 is 0 Å². The number of hydrogen-bond acceptors (Lipinski definition) is 2. The average Bonchev–Trinajstić information content (AvgIpc) is 3.27. The summed E-state index contributed by atoms with van der Waals surface area (Å²) < 4.78 is 2.28. The minimum Gasteiger partial charge on any atom is -0.279 e. The van der Waals surface area contributed by atoms with Gasteiger partial charge in [0.25, 0.3) is 0 Å². The second-order valence-electron chi connectivity index (χ2n) is 11.5. The number of nitrogens with zero attached hydrogens (tertiary/aromatic N) is 3. The monoisotopic (exact) mass is 465 g/mol. The van der Waals surface area contributed by atoms with Crippen LogP contribution in [0.2, 0.25) is 0 Å². The molecule has 0 radical (unpaired) electrons. The number of fused-ring (bicyclic) bond motifs is 1. The van der Waals surface area contributed by atoms with Gasteiger partial charge in [-0.05, 0) is 76.6 Å². The van der Waals surface area contributed by atoms with E-state index in [1.165, 1.54) is 41.2 Å². The zero-order valence-corrected chi connectivity index (χ0v) is 22.2. The molecule has 1 aliphatic carbocycles. The molecule has 1 heterocycles.